The van der Waals surface area contributed by atoms with Crippen LogP contribution in [0.2, 0.25) is 10.0 Å². The molecule has 2 atom stereocenters. The highest BCUT2D eigenvalue weighted by Crippen LogP contribution is 2.38. The van der Waals surface area contributed by atoms with Crippen LogP contribution in [-0.2, 0) is 0 Å². The van der Waals surface area contributed by atoms with Crippen LogP contribution in [-0.4, -0.2) is 21.4 Å². The molecule has 0 saturated carbocycles. The van der Waals surface area contributed by atoms with Gasteiger partial charge in [0.25, 0.3) is 0 Å². The van der Waals surface area contributed by atoms with Crippen LogP contribution < -0.4 is 4.74 Å². The number of ether oxygens (including phenoxy) is 1. The number of hydrogen-bond acceptors (Lipinski definition) is 3. The Morgan fingerprint density at radius 1 is 1.32 bits per heavy atom. The lowest BCUT2D eigenvalue weighted by Gasteiger charge is -2.31. The zero-order valence-corrected chi connectivity index (χ0v) is 11.5. The molecule has 1 aliphatic rings. The quantitative estimate of drug-likeness (QED) is 0.810. The number of carbonyl (C=O) groups excluding carboxylic acids is 1. The molecule has 2 heterocycles. The Labute approximate surface area is 119 Å². The first-order chi connectivity index (χ1) is 9.08. The molecule has 6 heteroatoms. The Balaban J connectivity index is 2.10. The number of carbonyl (C=O) groups is 1. The molecule has 0 radical (unpaired) electrons. The van der Waals surface area contributed by atoms with Crippen molar-refractivity contribution in [3.05, 3.63) is 46.5 Å². The SMILES string of the molecule is CC1Oc2cc(Cl)c(Cl)cc2C(=O)C1n1ccnc1. The van der Waals surface area contributed by atoms with Gasteiger partial charge < -0.3 is 9.30 Å². The smallest absolute Gasteiger partial charge is 0.193 e. The molecule has 2 aromatic rings. The largest absolute Gasteiger partial charge is 0.487 e. The van der Waals surface area contributed by atoms with E-state index in [-0.39, 0.29) is 11.9 Å². The minimum Gasteiger partial charge on any atom is -0.487 e. The zero-order valence-electron chi connectivity index (χ0n) is 10.0. The third kappa shape index (κ3) is 2.01. The molecule has 3 rings (SSSR count). The fraction of sp³-hybridized carbons (Fsp3) is 0.231. The summed E-state index contributed by atoms with van der Waals surface area (Å²) in [6, 6.07) is 2.70. The summed E-state index contributed by atoms with van der Waals surface area (Å²) in [6.07, 6.45) is 4.67. The van der Waals surface area contributed by atoms with Crippen molar-refractivity contribution >= 4 is 29.0 Å². The summed E-state index contributed by atoms with van der Waals surface area (Å²) in [4.78, 5) is 16.5. The molecule has 0 amide bonds. The van der Waals surface area contributed by atoms with Crippen LogP contribution in [0.15, 0.2) is 30.9 Å². The van der Waals surface area contributed by atoms with E-state index in [9.17, 15) is 4.79 Å². The van der Waals surface area contributed by atoms with Gasteiger partial charge in [-0.3, -0.25) is 4.79 Å². The predicted molar refractivity (Wildman–Crippen MR) is 72.1 cm³/mol. The minimum absolute atomic E-state index is 0.0506. The number of halogens is 2. The summed E-state index contributed by atoms with van der Waals surface area (Å²) in [5, 5.41) is 0.720. The van der Waals surface area contributed by atoms with Crippen LogP contribution in [0.4, 0.5) is 0 Å². The Morgan fingerprint density at radius 2 is 2.05 bits per heavy atom. The molecule has 19 heavy (non-hydrogen) atoms. The van der Waals surface area contributed by atoms with Gasteiger partial charge in [0, 0.05) is 18.5 Å². The summed E-state index contributed by atoms with van der Waals surface area (Å²) in [5.74, 6) is 0.425. The van der Waals surface area contributed by atoms with E-state index in [1.54, 1.807) is 35.4 Å². The monoisotopic (exact) mass is 296 g/mol. The summed E-state index contributed by atoms with van der Waals surface area (Å²) in [5.41, 5.74) is 0.450. The lowest BCUT2D eigenvalue weighted by atomic mass is 9.96. The van der Waals surface area contributed by atoms with Crippen LogP contribution >= 0.6 is 23.2 Å². The van der Waals surface area contributed by atoms with Crippen molar-refractivity contribution in [2.45, 2.75) is 19.1 Å². The number of nitrogens with zero attached hydrogens (tertiary/aromatic N) is 2. The average molecular weight is 297 g/mol. The van der Waals surface area contributed by atoms with Crippen molar-refractivity contribution in [3.8, 4) is 5.75 Å². The van der Waals surface area contributed by atoms with Gasteiger partial charge in [-0.25, -0.2) is 4.98 Å². The Kier molecular flexibility index (Phi) is 2.99. The topological polar surface area (TPSA) is 44.1 Å². The number of fused-ring (bicyclic) bond motifs is 1. The number of rotatable bonds is 1. The maximum Gasteiger partial charge on any atom is 0.193 e. The molecule has 2 unspecified atom stereocenters. The Morgan fingerprint density at radius 3 is 2.74 bits per heavy atom. The van der Waals surface area contributed by atoms with Gasteiger partial charge in [0.05, 0.1) is 21.9 Å². The first kappa shape index (κ1) is 12.5. The molecular weight excluding hydrogens is 287 g/mol. The van der Waals surface area contributed by atoms with Gasteiger partial charge in [0.15, 0.2) is 5.78 Å². The van der Waals surface area contributed by atoms with Crippen molar-refractivity contribution in [2.75, 3.05) is 0 Å². The summed E-state index contributed by atoms with van der Waals surface area (Å²) in [6.45, 7) is 1.84. The molecule has 98 valence electrons. The highest BCUT2D eigenvalue weighted by molar-refractivity contribution is 6.42. The first-order valence-electron chi connectivity index (χ1n) is 5.75. The van der Waals surface area contributed by atoms with Crippen LogP contribution in [0.1, 0.15) is 23.3 Å². The molecule has 0 fully saturated rings. The third-order valence-corrected chi connectivity index (χ3v) is 3.88. The van der Waals surface area contributed by atoms with Crippen LogP contribution in [0.5, 0.6) is 5.75 Å². The summed E-state index contributed by atoms with van der Waals surface area (Å²) < 4.78 is 7.50. The van der Waals surface area contributed by atoms with Crippen LogP contribution in [0.25, 0.3) is 0 Å². The van der Waals surface area contributed by atoms with Crippen molar-refractivity contribution < 1.29 is 9.53 Å². The summed E-state index contributed by atoms with van der Waals surface area (Å²) >= 11 is 11.9. The van der Waals surface area contributed by atoms with Crippen LogP contribution in [0.3, 0.4) is 0 Å². The van der Waals surface area contributed by atoms with Gasteiger partial charge in [-0.15, -0.1) is 0 Å². The number of ketones is 1. The van der Waals surface area contributed by atoms with E-state index < -0.39 is 6.04 Å². The number of hydrogen-bond donors (Lipinski definition) is 0. The average Bonchev–Trinajstić information content (AvgIpc) is 2.86. The van der Waals surface area contributed by atoms with E-state index in [4.69, 9.17) is 27.9 Å². The lowest BCUT2D eigenvalue weighted by molar-refractivity contribution is 0.0718. The Bertz CT molecular complexity index is 640. The number of imidazole rings is 1. The number of aromatic nitrogens is 2. The van der Waals surface area contributed by atoms with Crippen molar-refractivity contribution in [1.82, 2.24) is 9.55 Å². The molecule has 0 bridgehead atoms. The second kappa shape index (κ2) is 4.54. The van der Waals surface area contributed by atoms with Gasteiger partial charge in [0.1, 0.15) is 17.9 Å². The number of Topliss-reactive ketones (excluding diaryl/α,β-unsaturated/α-hetero) is 1. The van der Waals surface area contributed by atoms with E-state index >= 15 is 0 Å². The standard InChI is InChI=1S/C13H10Cl2N2O2/c1-7-12(17-3-2-16-6-17)13(18)8-4-9(14)10(15)5-11(8)19-7/h2-7,12H,1H3. The Hall–Kier alpha value is -1.52. The molecule has 1 aromatic heterocycles. The van der Waals surface area contributed by atoms with Gasteiger partial charge in [-0.05, 0) is 13.0 Å². The van der Waals surface area contributed by atoms with E-state index in [0.29, 0.717) is 21.4 Å². The number of benzene rings is 1. The highest BCUT2D eigenvalue weighted by Gasteiger charge is 2.36. The highest BCUT2D eigenvalue weighted by atomic mass is 35.5. The summed E-state index contributed by atoms with van der Waals surface area (Å²) in [7, 11) is 0. The zero-order chi connectivity index (χ0) is 13.6. The van der Waals surface area contributed by atoms with E-state index in [1.165, 1.54) is 0 Å². The first-order valence-corrected chi connectivity index (χ1v) is 6.51. The predicted octanol–water partition coefficient (Wildman–Crippen LogP) is 3.39. The van der Waals surface area contributed by atoms with Crippen molar-refractivity contribution in [2.24, 2.45) is 0 Å². The molecule has 0 aliphatic carbocycles. The maximum atomic E-state index is 12.6. The minimum atomic E-state index is -0.438. The molecule has 4 nitrogen and oxygen atoms in total. The molecular formula is C13H10Cl2N2O2. The second-order valence-corrected chi connectivity index (χ2v) is 5.22. The molecule has 0 spiro atoms. The van der Waals surface area contributed by atoms with Crippen molar-refractivity contribution in [3.63, 3.8) is 0 Å². The van der Waals surface area contributed by atoms with E-state index in [1.807, 2.05) is 6.92 Å². The van der Waals surface area contributed by atoms with E-state index in [0.717, 1.165) is 0 Å². The molecule has 1 aromatic carbocycles. The van der Waals surface area contributed by atoms with Crippen molar-refractivity contribution in [1.29, 1.82) is 0 Å². The maximum absolute atomic E-state index is 12.6. The molecule has 1 aliphatic heterocycles. The van der Waals surface area contributed by atoms with Gasteiger partial charge in [-0.1, -0.05) is 23.2 Å². The molecule has 0 N–H and O–H groups in total. The molecule has 0 saturated heterocycles. The van der Waals surface area contributed by atoms with Gasteiger partial charge in [0.2, 0.25) is 0 Å². The van der Waals surface area contributed by atoms with E-state index in [2.05, 4.69) is 4.98 Å². The van der Waals surface area contributed by atoms with Gasteiger partial charge in [-0.2, -0.15) is 0 Å². The second-order valence-electron chi connectivity index (χ2n) is 4.40. The van der Waals surface area contributed by atoms with Crippen LogP contribution in [0, 0.1) is 0 Å². The lowest BCUT2D eigenvalue weighted by Crippen LogP contribution is -2.37. The fourth-order valence-corrected chi connectivity index (χ4v) is 2.58. The normalized spacial score (nSPS) is 21.9. The van der Waals surface area contributed by atoms with Gasteiger partial charge >= 0.3 is 0 Å². The third-order valence-electron chi connectivity index (χ3n) is 3.16. The fourth-order valence-electron chi connectivity index (χ4n) is 2.27.